The van der Waals surface area contributed by atoms with E-state index in [2.05, 4.69) is 30.6 Å². The van der Waals surface area contributed by atoms with Gasteiger partial charge in [0.2, 0.25) is 0 Å². The zero-order chi connectivity index (χ0) is 20.2. The third-order valence-corrected chi connectivity index (χ3v) is 4.04. The van der Waals surface area contributed by atoms with Crippen LogP contribution in [0.4, 0.5) is 16.3 Å². The highest BCUT2D eigenvalue weighted by atomic mass is 16.5. The molecule has 0 atom stereocenters. The number of anilines is 2. The van der Waals surface area contributed by atoms with Crippen LogP contribution in [0.3, 0.4) is 0 Å². The minimum Gasteiger partial charge on any atom is -0.504 e. The largest absolute Gasteiger partial charge is 0.504 e. The maximum absolute atomic E-state index is 12.1. The van der Waals surface area contributed by atoms with Crippen LogP contribution in [-0.2, 0) is 0 Å². The van der Waals surface area contributed by atoms with E-state index in [1.165, 1.54) is 25.6 Å². The Labute approximate surface area is 165 Å². The van der Waals surface area contributed by atoms with Crippen molar-refractivity contribution >= 4 is 28.7 Å². The first kappa shape index (κ1) is 18.1. The van der Waals surface area contributed by atoms with Crippen LogP contribution in [0.5, 0.6) is 11.5 Å². The van der Waals surface area contributed by atoms with Crippen molar-refractivity contribution < 1.29 is 14.6 Å². The number of aromatic hydroxyl groups is 1. The molecule has 2 amide bonds. The van der Waals surface area contributed by atoms with E-state index in [1.807, 2.05) is 0 Å². The van der Waals surface area contributed by atoms with Crippen molar-refractivity contribution in [2.75, 3.05) is 17.7 Å². The van der Waals surface area contributed by atoms with Crippen LogP contribution in [0.1, 0.15) is 0 Å². The smallest absolute Gasteiger partial charge is 0.324 e. The Hall–Kier alpha value is -4.27. The predicted molar refractivity (Wildman–Crippen MR) is 108 cm³/mol. The first-order valence-corrected chi connectivity index (χ1v) is 8.61. The fourth-order valence-electron chi connectivity index (χ4n) is 2.67. The standard InChI is InChI=1S/C20H16N6O3/c1-29-17-9-12(4-7-16(17)27)14-5-6-15-19(24-14)25-18(11-22-15)26-20(28)23-13-3-2-8-21-10-13/h2-11,27H,1H3,(H2,23,24,25,26,28). The molecule has 0 fully saturated rings. The molecule has 0 aliphatic heterocycles. The number of carbonyl (C=O) groups excluding carboxylic acids is 1. The van der Waals surface area contributed by atoms with Crippen molar-refractivity contribution in [2.24, 2.45) is 0 Å². The van der Waals surface area contributed by atoms with Gasteiger partial charge in [0.25, 0.3) is 0 Å². The van der Waals surface area contributed by atoms with Crippen molar-refractivity contribution in [1.82, 2.24) is 19.9 Å². The summed E-state index contributed by atoms with van der Waals surface area (Å²) in [5.41, 5.74) is 2.88. The number of aromatic nitrogens is 4. The summed E-state index contributed by atoms with van der Waals surface area (Å²) in [4.78, 5) is 29.2. The molecule has 4 rings (SSSR count). The van der Waals surface area contributed by atoms with Gasteiger partial charge in [0, 0.05) is 11.8 Å². The average molecular weight is 388 g/mol. The highest BCUT2D eigenvalue weighted by Crippen LogP contribution is 2.31. The van der Waals surface area contributed by atoms with Gasteiger partial charge in [-0.3, -0.25) is 10.3 Å². The first-order valence-electron chi connectivity index (χ1n) is 8.61. The van der Waals surface area contributed by atoms with E-state index in [9.17, 15) is 9.90 Å². The Bertz CT molecular complexity index is 1180. The number of fused-ring (bicyclic) bond motifs is 1. The lowest BCUT2D eigenvalue weighted by Gasteiger charge is -2.08. The first-order chi connectivity index (χ1) is 14.1. The number of nitrogens with zero attached hydrogens (tertiary/aromatic N) is 4. The summed E-state index contributed by atoms with van der Waals surface area (Å²) in [6, 6.07) is 11.5. The van der Waals surface area contributed by atoms with Gasteiger partial charge in [0.05, 0.1) is 30.9 Å². The van der Waals surface area contributed by atoms with Crippen LogP contribution in [0.2, 0.25) is 0 Å². The van der Waals surface area contributed by atoms with Gasteiger partial charge in [0.15, 0.2) is 23.0 Å². The zero-order valence-electron chi connectivity index (χ0n) is 15.3. The van der Waals surface area contributed by atoms with Gasteiger partial charge in [-0.2, -0.15) is 0 Å². The Morgan fingerprint density at radius 2 is 1.97 bits per heavy atom. The van der Waals surface area contributed by atoms with Crippen molar-refractivity contribution in [1.29, 1.82) is 0 Å². The minimum absolute atomic E-state index is 0.0444. The van der Waals surface area contributed by atoms with Gasteiger partial charge < -0.3 is 15.2 Å². The maximum atomic E-state index is 12.1. The van der Waals surface area contributed by atoms with E-state index in [-0.39, 0.29) is 11.6 Å². The lowest BCUT2D eigenvalue weighted by molar-refractivity contribution is 0.262. The number of ether oxygens (including phenoxy) is 1. The molecular weight excluding hydrogens is 372 g/mol. The fraction of sp³-hybridized carbons (Fsp3) is 0.0500. The molecule has 0 unspecified atom stereocenters. The third-order valence-electron chi connectivity index (χ3n) is 4.04. The normalized spacial score (nSPS) is 10.5. The van der Waals surface area contributed by atoms with E-state index in [0.717, 1.165) is 5.56 Å². The highest BCUT2D eigenvalue weighted by molar-refractivity contribution is 5.99. The number of hydrogen-bond donors (Lipinski definition) is 3. The zero-order valence-corrected chi connectivity index (χ0v) is 15.3. The van der Waals surface area contributed by atoms with Crippen molar-refractivity contribution in [3.05, 3.63) is 61.1 Å². The summed E-state index contributed by atoms with van der Waals surface area (Å²) in [5.74, 6) is 0.646. The van der Waals surface area contributed by atoms with E-state index in [1.54, 1.807) is 42.6 Å². The second-order valence-corrected chi connectivity index (χ2v) is 6.00. The second-order valence-electron chi connectivity index (χ2n) is 6.00. The van der Waals surface area contributed by atoms with Crippen LogP contribution in [0.15, 0.2) is 61.1 Å². The summed E-state index contributed by atoms with van der Waals surface area (Å²) < 4.78 is 5.14. The molecule has 0 saturated heterocycles. The lowest BCUT2D eigenvalue weighted by atomic mass is 10.1. The van der Waals surface area contributed by atoms with Crippen LogP contribution in [0, 0.1) is 0 Å². The number of hydrogen-bond acceptors (Lipinski definition) is 7. The Morgan fingerprint density at radius 1 is 1.07 bits per heavy atom. The third kappa shape index (κ3) is 4.03. The molecule has 0 spiro atoms. The Morgan fingerprint density at radius 3 is 2.76 bits per heavy atom. The lowest BCUT2D eigenvalue weighted by Crippen LogP contribution is -2.20. The fourth-order valence-corrected chi connectivity index (χ4v) is 2.67. The van der Waals surface area contributed by atoms with Crippen molar-refractivity contribution in [3.63, 3.8) is 0 Å². The molecule has 0 bridgehead atoms. The van der Waals surface area contributed by atoms with Gasteiger partial charge in [-0.1, -0.05) is 0 Å². The number of benzene rings is 1. The van der Waals surface area contributed by atoms with Crippen LogP contribution >= 0.6 is 0 Å². The second kappa shape index (κ2) is 7.77. The Balaban J connectivity index is 1.59. The number of carbonyl (C=O) groups is 1. The molecule has 0 aliphatic rings. The van der Waals surface area contributed by atoms with Crippen LogP contribution < -0.4 is 15.4 Å². The molecule has 29 heavy (non-hydrogen) atoms. The molecule has 9 heteroatoms. The number of phenolic OH excluding ortho intramolecular Hbond substituents is 1. The van der Waals surface area contributed by atoms with E-state index in [0.29, 0.717) is 28.3 Å². The molecule has 0 saturated carbocycles. The van der Waals surface area contributed by atoms with E-state index < -0.39 is 6.03 Å². The summed E-state index contributed by atoms with van der Waals surface area (Å²) in [6.07, 6.45) is 4.60. The highest BCUT2D eigenvalue weighted by Gasteiger charge is 2.10. The molecule has 9 nitrogen and oxygen atoms in total. The molecule has 4 aromatic rings. The number of rotatable bonds is 4. The van der Waals surface area contributed by atoms with Gasteiger partial charge in [0.1, 0.15) is 5.52 Å². The van der Waals surface area contributed by atoms with Gasteiger partial charge >= 0.3 is 6.03 Å². The number of urea groups is 1. The summed E-state index contributed by atoms with van der Waals surface area (Å²) >= 11 is 0. The Kier molecular flexibility index (Phi) is 4.85. The van der Waals surface area contributed by atoms with Crippen molar-refractivity contribution in [3.8, 4) is 22.8 Å². The number of amides is 2. The molecule has 3 heterocycles. The minimum atomic E-state index is -0.467. The number of pyridine rings is 2. The molecule has 3 N–H and O–H groups in total. The molecule has 144 valence electrons. The van der Waals surface area contributed by atoms with E-state index >= 15 is 0 Å². The van der Waals surface area contributed by atoms with E-state index in [4.69, 9.17) is 4.74 Å². The molecule has 1 aromatic carbocycles. The maximum Gasteiger partial charge on any atom is 0.324 e. The summed E-state index contributed by atoms with van der Waals surface area (Å²) in [7, 11) is 1.48. The summed E-state index contributed by atoms with van der Waals surface area (Å²) in [5, 5.41) is 15.0. The monoisotopic (exact) mass is 388 g/mol. The van der Waals surface area contributed by atoms with Gasteiger partial charge in [-0.05, 0) is 42.5 Å². The topological polar surface area (TPSA) is 122 Å². The molecule has 3 aromatic heterocycles. The van der Waals surface area contributed by atoms with Gasteiger partial charge in [-0.15, -0.1) is 0 Å². The molecule has 0 radical (unpaired) electrons. The molecular formula is C20H16N6O3. The predicted octanol–water partition coefficient (Wildman–Crippen LogP) is 3.45. The van der Waals surface area contributed by atoms with Gasteiger partial charge in [-0.25, -0.2) is 19.7 Å². The molecule has 0 aliphatic carbocycles. The summed E-state index contributed by atoms with van der Waals surface area (Å²) in [6.45, 7) is 0. The average Bonchev–Trinajstić information content (AvgIpc) is 2.74. The number of nitrogens with one attached hydrogen (secondary N) is 2. The van der Waals surface area contributed by atoms with Crippen molar-refractivity contribution in [2.45, 2.75) is 0 Å². The van der Waals surface area contributed by atoms with Crippen LogP contribution in [0.25, 0.3) is 22.4 Å². The quantitative estimate of drug-likeness (QED) is 0.489. The number of phenols is 1. The SMILES string of the molecule is COc1cc(-c2ccc3ncc(NC(=O)Nc4cccnc4)nc3n2)ccc1O. The van der Waals surface area contributed by atoms with Crippen LogP contribution in [-0.4, -0.2) is 38.2 Å². The number of methoxy groups -OCH3 is 1.